The van der Waals surface area contributed by atoms with Crippen molar-refractivity contribution in [1.82, 2.24) is 10.6 Å². The highest BCUT2D eigenvalue weighted by Gasteiger charge is 2.02. The molecule has 2 N–H and O–H groups in total. The summed E-state index contributed by atoms with van der Waals surface area (Å²) >= 11 is 0. The summed E-state index contributed by atoms with van der Waals surface area (Å²) in [6.45, 7) is 7.12. The molecule has 0 fully saturated rings. The second-order valence-corrected chi connectivity index (χ2v) is 6.13. The molecule has 0 unspecified atom stereocenters. The summed E-state index contributed by atoms with van der Waals surface area (Å²) in [5.74, 6) is 0.758. The van der Waals surface area contributed by atoms with Crippen LogP contribution in [-0.2, 0) is 14.6 Å². The first kappa shape index (κ1) is 17.2. The van der Waals surface area contributed by atoms with Crippen molar-refractivity contribution in [3.8, 4) is 0 Å². The van der Waals surface area contributed by atoms with Crippen LogP contribution >= 0.6 is 0 Å². The highest BCUT2D eigenvalue weighted by atomic mass is 32.2. The molecule has 0 heterocycles. The van der Waals surface area contributed by atoms with Gasteiger partial charge in [0, 0.05) is 39.1 Å². The van der Waals surface area contributed by atoms with Gasteiger partial charge in [-0.2, -0.15) is 0 Å². The second-order valence-electron chi connectivity index (χ2n) is 3.87. The summed E-state index contributed by atoms with van der Waals surface area (Å²) in [5.41, 5.74) is 0. The van der Waals surface area contributed by atoms with E-state index in [2.05, 4.69) is 15.6 Å². The molecule has 0 aliphatic heterocycles. The van der Waals surface area contributed by atoms with E-state index in [0.717, 1.165) is 19.6 Å². The standard InChI is InChI=1S/C11H25N3O3S/c1-4-12-11(13-7-6-9-17-5-2)14-8-10-18(3,15)16/h4-10H2,1-3H3,(H2,12,13,14). The van der Waals surface area contributed by atoms with E-state index in [9.17, 15) is 8.42 Å². The molecule has 0 atom stereocenters. The van der Waals surface area contributed by atoms with Crippen LogP contribution in [0.4, 0.5) is 0 Å². The molecule has 0 aromatic carbocycles. The molecular formula is C11H25N3O3S. The van der Waals surface area contributed by atoms with Gasteiger partial charge in [0.15, 0.2) is 5.96 Å². The molecule has 18 heavy (non-hydrogen) atoms. The number of sulfone groups is 1. The zero-order valence-corrected chi connectivity index (χ0v) is 12.3. The lowest BCUT2D eigenvalue weighted by Gasteiger charge is -2.10. The van der Waals surface area contributed by atoms with Crippen molar-refractivity contribution in [2.75, 3.05) is 44.9 Å². The highest BCUT2D eigenvalue weighted by Crippen LogP contribution is 1.85. The number of aliphatic imine (C=N–C) groups is 1. The molecule has 0 radical (unpaired) electrons. The number of nitrogens with one attached hydrogen (secondary N) is 2. The first-order chi connectivity index (χ1) is 8.49. The van der Waals surface area contributed by atoms with Crippen LogP contribution < -0.4 is 10.6 Å². The molecule has 0 aliphatic rings. The van der Waals surface area contributed by atoms with Crippen LogP contribution in [0.2, 0.25) is 0 Å². The van der Waals surface area contributed by atoms with E-state index in [1.165, 1.54) is 6.26 Å². The van der Waals surface area contributed by atoms with Gasteiger partial charge in [0.2, 0.25) is 0 Å². The number of guanidine groups is 1. The van der Waals surface area contributed by atoms with Crippen molar-refractivity contribution in [2.24, 2.45) is 4.99 Å². The molecule has 6 nitrogen and oxygen atoms in total. The number of hydrogen-bond donors (Lipinski definition) is 2. The normalized spacial score (nSPS) is 12.5. The van der Waals surface area contributed by atoms with Gasteiger partial charge in [-0.25, -0.2) is 8.42 Å². The van der Waals surface area contributed by atoms with Crippen molar-refractivity contribution >= 4 is 15.8 Å². The summed E-state index contributed by atoms with van der Waals surface area (Å²) in [7, 11) is -2.93. The molecule has 0 bridgehead atoms. The first-order valence-corrected chi connectivity index (χ1v) is 8.33. The molecule has 0 aliphatic carbocycles. The van der Waals surface area contributed by atoms with E-state index in [4.69, 9.17) is 4.74 Å². The van der Waals surface area contributed by atoms with Crippen molar-refractivity contribution in [1.29, 1.82) is 0 Å². The highest BCUT2D eigenvalue weighted by molar-refractivity contribution is 7.90. The molecule has 0 saturated heterocycles. The van der Waals surface area contributed by atoms with Crippen LogP contribution in [0.25, 0.3) is 0 Å². The zero-order valence-electron chi connectivity index (χ0n) is 11.5. The van der Waals surface area contributed by atoms with Gasteiger partial charge >= 0.3 is 0 Å². The van der Waals surface area contributed by atoms with Gasteiger partial charge in [0.25, 0.3) is 0 Å². The summed E-state index contributed by atoms with van der Waals surface area (Å²) in [6, 6.07) is 0. The van der Waals surface area contributed by atoms with Crippen molar-refractivity contribution in [3.63, 3.8) is 0 Å². The number of rotatable bonds is 9. The lowest BCUT2D eigenvalue weighted by Crippen LogP contribution is -2.39. The monoisotopic (exact) mass is 279 g/mol. The minimum atomic E-state index is -2.93. The van der Waals surface area contributed by atoms with E-state index < -0.39 is 9.84 Å². The Balaban J connectivity index is 3.93. The molecule has 0 aromatic heterocycles. The number of nitrogens with zero attached hydrogens (tertiary/aromatic N) is 1. The van der Waals surface area contributed by atoms with Gasteiger partial charge in [0.05, 0.1) is 5.75 Å². The number of hydrogen-bond acceptors (Lipinski definition) is 4. The fourth-order valence-electron chi connectivity index (χ4n) is 1.20. The van der Waals surface area contributed by atoms with E-state index in [1.807, 2.05) is 13.8 Å². The van der Waals surface area contributed by atoms with Crippen molar-refractivity contribution < 1.29 is 13.2 Å². The third-order valence-electron chi connectivity index (χ3n) is 2.03. The second kappa shape index (κ2) is 10.1. The fourth-order valence-corrected chi connectivity index (χ4v) is 1.67. The average molecular weight is 279 g/mol. The van der Waals surface area contributed by atoms with Gasteiger partial charge in [0.1, 0.15) is 9.84 Å². The Labute approximate surface area is 110 Å². The van der Waals surface area contributed by atoms with E-state index in [0.29, 0.717) is 25.7 Å². The van der Waals surface area contributed by atoms with Gasteiger partial charge in [-0.3, -0.25) is 4.99 Å². The molecule has 7 heteroatoms. The van der Waals surface area contributed by atoms with Gasteiger partial charge in [-0.15, -0.1) is 0 Å². The maximum absolute atomic E-state index is 11.0. The molecular weight excluding hydrogens is 254 g/mol. The Morgan fingerprint density at radius 1 is 1.28 bits per heavy atom. The lowest BCUT2D eigenvalue weighted by atomic mass is 10.4. The fraction of sp³-hybridized carbons (Fsp3) is 0.909. The first-order valence-electron chi connectivity index (χ1n) is 6.27. The molecule has 0 aromatic rings. The van der Waals surface area contributed by atoms with E-state index >= 15 is 0 Å². The Morgan fingerprint density at radius 2 is 2.00 bits per heavy atom. The Kier molecular flexibility index (Phi) is 9.67. The zero-order chi connectivity index (χ0) is 13.9. The smallest absolute Gasteiger partial charge is 0.191 e. The van der Waals surface area contributed by atoms with Crippen LogP contribution in [0.1, 0.15) is 20.3 Å². The van der Waals surface area contributed by atoms with Gasteiger partial charge in [-0.05, 0) is 20.3 Å². The summed E-state index contributed by atoms with van der Waals surface area (Å²) < 4.78 is 27.2. The minimum absolute atomic E-state index is 0.108. The summed E-state index contributed by atoms with van der Waals surface area (Å²) in [5, 5.41) is 6.05. The van der Waals surface area contributed by atoms with Crippen LogP contribution in [-0.4, -0.2) is 59.2 Å². The lowest BCUT2D eigenvalue weighted by molar-refractivity contribution is 0.146. The Morgan fingerprint density at radius 3 is 2.56 bits per heavy atom. The molecule has 108 valence electrons. The maximum atomic E-state index is 11.0. The quantitative estimate of drug-likeness (QED) is 0.353. The molecule has 0 spiro atoms. The van der Waals surface area contributed by atoms with Crippen LogP contribution in [0.3, 0.4) is 0 Å². The Bertz CT molecular complexity index is 328. The third kappa shape index (κ3) is 11.7. The van der Waals surface area contributed by atoms with Crippen molar-refractivity contribution in [2.45, 2.75) is 20.3 Å². The van der Waals surface area contributed by atoms with Gasteiger partial charge < -0.3 is 15.4 Å². The van der Waals surface area contributed by atoms with E-state index in [1.54, 1.807) is 0 Å². The van der Waals surface area contributed by atoms with E-state index in [-0.39, 0.29) is 5.75 Å². The van der Waals surface area contributed by atoms with Crippen molar-refractivity contribution in [3.05, 3.63) is 0 Å². The largest absolute Gasteiger partial charge is 0.382 e. The van der Waals surface area contributed by atoms with Gasteiger partial charge in [-0.1, -0.05) is 0 Å². The third-order valence-corrected chi connectivity index (χ3v) is 2.98. The summed E-state index contributed by atoms with van der Waals surface area (Å²) in [6.07, 6.45) is 2.08. The van der Waals surface area contributed by atoms with Crippen LogP contribution in [0.15, 0.2) is 4.99 Å². The molecule has 0 rings (SSSR count). The maximum Gasteiger partial charge on any atom is 0.191 e. The molecule has 0 amide bonds. The Hall–Kier alpha value is -0.820. The predicted octanol–water partition coefficient (Wildman–Crippen LogP) is 0.0127. The van der Waals surface area contributed by atoms with Crippen LogP contribution in [0, 0.1) is 0 Å². The molecule has 0 saturated carbocycles. The van der Waals surface area contributed by atoms with Crippen LogP contribution in [0.5, 0.6) is 0 Å². The topological polar surface area (TPSA) is 79.8 Å². The predicted molar refractivity (Wildman–Crippen MR) is 74.8 cm³/mol. The SMILES string of the molecule is CCNC(=NCCCOCC)NCCS(C)(=O)=O. The summed E-state index contributed by atoms with van der Waals surface area (Å²) in [4.78, 5) is 4.32. The number of ether oxygens (including phenoxy) is 1. The minimum Gasteiger partial charge on any atom is -0.382 e. The average Bonchev–Trinajstić information content (AvgIpc) is 2.27.